The molecule has 102 valence electrons. The fraction of sp³-hybridized carbons (Fsp3) is 0.200. The Labute approximate surface area is 121 Å². The van der Waals surface area contributed by atoms with Crippen LogP contribution in [0.15, 0.2) is 28.8 Å². The first-order chi connectivity index (χ1) is 9.56. The van der Waals surface area contributed by atoms with Gasteiger partial charge in [-0.1, -0.05) is 35.0 Å². The molecule has 0 amide bonds. The molecule has 4 nitrogen and oxygen atoms in total. The Morgan fingerprint density at radius 1 is 1.10 bits per heavy atom. The van der Waals surface area contributed by atoms with E-state index in [2.05, 4.69) is 29.2 Å². The number of aryl methyl sites for hydroxylation is 3. The lowest BCUT2D eigenvalue weighted by Gasteiger charge is -2.02. The highest BCUT2D eigenvalue weighted by molar-refractivity contribution is 7.15. The van der Waals surface area contributed by atoms with Crippen LogP contribution in [0.2, 0.25) is 0 Å². The Balaban J connectivity index is 2.19. The smallest absolute Gasteiger partial charge is 0.230 e. The van der Waals surface area contributed by atoms with Crippen LogP contribution in [0.25, 0.3) is 21.7 Å². The first kappa shape index (κ1) is 12.9. The average molecular weight is 285 g/mol. The molecule has 0 atom stereocenters. The lowest BCUT2D eigenvalue weighted by molar-refractivity contribution is 0.439. The van der Waals surface area contributed by atoms with Crippen molar-refractivity contribution in [3.05, 3.63) is 40.5 Å². The third-order valence-electron chi connectivity index (χ3n) is 3.18. The van der Waals surface area contributed by atoms with Crippen LogP contribution >= 0.6 is 11.3 Å². The van der Waals surface area contributed by atoms with E-state index in [-0.39, 0.29) is 0 Å². The summed E-state index contributed by atoms with van der Waals surface area (Å²) in [6.45, 7) is 6.01. The van der Waals surface area contributed by atoms with Crippen molar-refractivity contribution in [2.45, 2.75) is 20.8 Å². The van der Waals surface area contributed by atoms with Crippen LogP contribution in [0.1, 0.15) is 16.3 Å². The van der Waals surface area contributed by atoms with Gasteiger partial charge in [0.2, 0.25) is 5.88 Å². The highest BCUT2D eigenvalue weighted by atomic mass is 32.1. The number of benzene rings is 1. The summed E-state index contributed by atoms with van der Waals surface area (Å²) in [5, 5.41) is 5.14. The zero-order valence-electron chi connectivity index (χ0n) is 11.6. The topological polar surface area (TPSA) is 64.9 Å². The summed E-state index contributed by atoms with van der Waals surface area (Å²) >= 11 is 1.60. The zero-order chi connectivity index (χ0) is 14.3. The van der Waals surface area contributed by atoms with Gasteiger partial charge in [0.1, 0.15) is 5.69 Å². The van der Waals surface area contributed by atoms with E-state index in [0.717, 1.165) is 32.4 Å². The highest BCUT2D eigenvalue weighted by Crippen LogP contribution is 2.39. The molecule has 0 aliphatic carbocycles. The van der Waals surface area contributed by atoms with Gasteiger partial charge in [0.05, 0.1) is 21.1 Å². The summed E-state index contributed by atoms with van der Waals surface area (Å²) in [7, 11) is 0. The standard InChI is InChI=1S/C15H15N3OS/c1-8-4-6-11(7-5-8)12-13(18-19-15(12)16)14-9(2)17-10(3)20-14/h4-7H,16H2,1-3H3. The molecule has 5 heteroatoms. The van der Waals surface area contributed by atoms with Gasteiger partial charge in [-0.15, -0.1) is 11.3 Å². The van der Waals surface area contributed by atoms with Crippen molar-refractivity contribution in [3.8, 4) is 21.7 Å². The molecule has 0 saturated heterocycles. The second kappa shape index (κ2) is 4.76. The van der Waals surface area contributed by atoms with Gasteiger partial charge in [0, 0.05) is 0 Å². The van der Waals surface area contributed by atoms with Gasteiger partial charge in [0.25, 0.3) is 0 Å². The molecule has 3 aromatic rings. The third kappa shape index (κ3) is 2.10. The quantitative estimate of drug-likeness (QED) is 0.773. The molecule has 20 heavy (non-hydrogen) atoms. The van der Waals surface area contributed by atoms with Crippen molar-refractivity contribution >= 4 is 17.2 Å². The van der Waals surface area contributed by atoms with Crippen LogP contribution in [0.5, 0.6) is 0 Å². The van der Waals surface area contributed by atoms with Crippen LogP contribution in [0, 0.1) is 20.8 Å². The van der Waals surface area contributed by atoms with Crippen LogP contribution in [0.3, 0.4) is 0 Å². The van der Waals surface area contributed by atoms with Crippen LogP contribution in [-0.4, -0.2) is 10.1 Å². The van der Waals surface area contributed by atoms with Gasteiger partial charge in [-0.2, -0.15) is 0 Å². The van der Waals surface area contributed by atoms with E-state index in [1.807, 2.05) is 26.0 Å². The van der Waals surface area contributed by atoms with E-state index in [4.69, 9.17) is 10.3 Å². The van der Waals surface area contributed by atoms with E-state index in [1.165, 1.54) is 5.56 Å². The summed E-state index contributed by atoms with van der Waals surface area (Å²) in [4.78, 5) is 5.45. The molecule has 1 aromatic carbocycles. The van der Waals surface area contributed by atoms with Gasteiger partial charge in [-0.05, 0) is 26.3 Å². The van der Waals surface area contributed by atoms with E-state index in [9.17, 15) is 0 Å². The molecule has 0 bridgehead atoms. The fourth-order valence-corrected chi connectivity index (χ4v) is 3.12. The molecule has 0 aliphatic rings. The monoisotopic (exact) mass is 285 g/mol. The van der Waals surface area contributed by atoms with Crippen molar-refractivity contribution < 1.29 is 4.52 Å². The molecule has 0 radical (unpaired) electrons. The predicted molar refractivity (Wildman–Crippen MR) is 81.7 cm³/mol. The van der Waals surface area contributed by atoms with Crippen molar-refractivity contribution in [3.63, 3.8) is 0 Å². The number of hydrogen-bond donors (Lipinski definition) is 1. The zero-order valence-corrected chi connectivity index (χ0v) is 12.4. The lowest BCUT2D eigenvalue weighted by atomic mass is 10.0. The number of anilines is 1. The van der Waals surface area contributed by atoms with Crippen molar-refractivity contribution in [2.75, 3.05) is 5.73 Å². The number of aromatic nitrogens is 2. The lowest BCUT2D eigenvalue weighted by Crippen LogP contribution is -1.88. The van der Waals surface area contributed by atoms with E-state index in [0.29, 0.717) is 5.88 Å². The maximum absolute atomic E-state index is 5.96. The second-order valence-electron chi connectivity index (χ2n) is 4.78. The maximum atomic E-state index is 5.96. The Morgan fingerprint density at radius 3 is 2.40 bits per heavy atom. The molecule has 2 N–H and O–H groups in total. The number of nitrogen functional groups attached to an aromatic ring is 1. The number of hydrogen-bond acceptors (Lipinski definition) is 5. The minimum atomic E-state index is 0.342. The molecule has 3 rings (SSSR count). The molecule has 2 heterocycles. The van der Waals surface area contributed by atoms with Crippen molar-refractivity contribution in [1.82, 2.24) is 10.1 Å². The fourth-order valence-electron chi connectivity index (χ4n) is 2.21. The highest BCUT2D eigenvalue weighted by Gasteiger charge is 2.21. The Hall–Kier alpha value is -2.14. The molecule has 0 unspecified atom stereocenters. The number of nitrogens with zero attached hydrogens (tertiary/aromatic N) is 2. The van der Waals surface area contributed by atoms with Crippen LogP contribution < -0.4 is 5.73 Å². The third-order valence-corrected chi connectivity index (χ3v) is 4.26. The molecular formula is C15H15N3OS. The Morgan fingerprint density at radius 2 is 1.80 bits per heavy atom. The van der Waals surface area contributed by atoms with Gasteiger partial charge >= 0.3 is 0 Å². The first-order valence-electron chi connectivity index (χ1n) is 6.33. The van der Waals surface area contributed by atoms with E-state index >= 15 is 0 Å². The van der Waals surface area contributed by atoms with Crippen LogP contribution in [-0.2, 0) is 0 Å². The Bertz CT molecular complexity index is 756. The summed E-state index contributed by atoms with van der Waals surface area (Å²) in [5.41, 5.74) is 10.7. The summed E-state index contributed by atoms with van der Waals surface area (Å²) in [6, 6.07) is 8.17. The van der Waals surface area contributed by atoms with Crippen molar-refractivity contribution in [2.24, 2.45) is 0 Å². The maximum Gasteiger partial charge on any atom is 0.230 e. The number of thiazole rings is 1. The minimum absolute atomic E-state index is 0.342. The van der Waals surface area contributed by atoms with Gasteiger partial charge < -0.3 is 10.3 Å². The summed E-state index contributed by atoms with van der Waals surface area (Å²) < 4.78 is 5.21. The predicted octanol–water partition coefficient (Wildman–Crippen LogP) is 3.97. The number of nitrogens with two attached hydrogens (primary N) is 1. The molecule has 0 fully saturated rings. The average Bonchev–Trinajstić information content (AvgIpc) is 2.93. The largest absolute Gasteiger partial charge is 0.367 e. The molecule has 0 saturated carbocycles. The SMILES string of the molecule is Cc1ccc(-c2c(-c3sc(C)nc3C)noc2N)cc1. The molecule has 0 aliphatic heterocycles. The summed E-state index contributed by atoms with van der Waals surface area (Å²) in [5.74, 6) is 0.342. The van der Waals surface area contributed by atoms with Gasteiger partial charge in [0.15, 0.2) is 0 Å². The molecular weight excluding hydrogens is 270 g/mol. The van der Waals surface area contributed by atoms with Crippen LogP contribution in [0.4, 0.5) is 5.88 Å². The van der Waals surface area contributed by atoms with Gasteiger partial charge in [-0.25, -0.2) is 4.98 Å². The summed E-state index contributed by atoms with van der Waals surface area (Å²) in [6.07, 6.45) is 0. The van der Waals surface area contributed by atoms with Gasteiger partial charge in [-0.3, -0.25) is 0 Å². The first-order valence-corrected chi connectivity index (χ1v) is 7.14. The van der Waals surface area contributed by atoms with E-state index < -0.39 is 0 Å². The molecule has 0 spiro atoms. The Kier molecular flexibility index (Phi) is 3.06. The molecule has 2 aromatic heterocycles. The minimum Gasteiger partial charge on any atom is -0.367 e. The normalized spacial score (nSPS) is 10.9. The second-order valence-corrected chi connectivity index (χ2v) is 5.99. The van der Waals surface area contributed by atoms with E-state index in [1.54, 1.807) is 11.3 Å². The van der Waals surface area contributed by atoms with Crippen molar-refractivity contribution in [1.29, 1.82) is 0 Å². The number of rotatable bonds is 2.